The highest BCUT2D eigenvalue weighted by Crippen LogP contribution is 2.58. The van der Waals surface area contributed by atoms with Crippen LogP contribution in [0.3, 0.4) is 0 Å². The third-order valence-corrected chi connectivity index (χ3v) is 14.6. The van der Waals surface area contributed by atoms with Crippen LogP contribution >= 0.6 is 0 Å². The van der Waals surface area contributed by atoms with Crippen LogP contribution in [0.15, 0.2) is 24.3 Å². The third kappa shape index (κ3) is 6.91. The number of ketones is 1. The van der Waals surface area contributed by atoms with Crippen LogP contribution in [0, 0.1) is 11.8 Å². The first-order chi connectivity index (χ1) is 25.9. The molecule has 0 aromatic carbocycles. The summed E-state index contributed by atoms with van der Waals surface area (Å²) in [7, 11) is 1.66. The van der Waals surface area contributed by atoms with Crippen LogP contribution in [-0.2, 0) is 47.4 Å². The maximum Gasteiger partial charge on any atom is 0.172 e. The Hall–Kier alpha value is -1.29. The van der Waals surface area contributed by atoms with E-state index in [0.717, 1.165) is 56.1 Å². The Morgan fingerprint density at radius 1 is 0.852 bits per heavy atom. The van der Waals surface area contributed by atoms with Crippen molar-refractivity contribution in [3.05, 3.63) is 24.3 Å². The highest BCUT2D eigenvalue weighted by molar-refractivity contribution is 5.79. The Kier molecular flexibility index (Phi) is 10.5. The number of hydrogen-bond acceptors (Lipinski definition) is 12. The van der Waals surface area contributed by atoms with Gasteiger partial charge in [-0.2, -0.15) is 0 Å². The summed E-state index contributed by atoms with van der Waals surface area (Å²) in [5.41, 5.74) is 7.56. The molecule has 10 heterocycles. The number of hydrogen-bond donors (Lipinski definition) is 2. The zero-order valence-corrected chi connectivity index (χ0v) is 32.4. The van der Waals surface area contributed by atoms with Crippen LogP contribution in [0.25, 0.3) is 0 Å². The van der Waals surface area contributed by atoms with Crippen molar-refractivity contribution in [3.63, 3.8) is 0 Å². The van der Waals surface area contributed by atoms with E-state index >= 15 is 0 Å². The standard InChI is InChI=1S/C42H63NO11/c1-21-13-26-7-6-8-30-22(2)14-28(47-30)11-12-42-20-41(4)40(54-42)39-38(52-41)37(53-42)36-31(51-39)10-9-27(49-36)15-24(44)16-29-33(18-32(48-26)23(21)3)50-34(35(29)46-5)17-25(45)19-43/h21,25-40,45H,2-3,6-20,43H2,1,4-5H3/t21-,25+,26+,27?,28+,29+,30?,31+,32-,33?,34-,35-,36+,37+,38+,39-,40-,41+,42-/m1/s1. The molecular formula is C42H63NO11. The lowest BCUT2D eigenvalue weighted by molar-refractivity contribution is -0.294. The Bertz CT molecular complexity index is 1440. The normalized spacial score (nSPS) is 52.5. The molecule has 302 valence electrons. The van der Waals surface area contributed by atoms with Crippen molar-refractivity contribution in [2.75, 3.05) is 13.7 Å². The lowest BCUT2D eigenvalue weighted by atomic mass is 9.81. The summed E-state index contributed by atoms with van der Waals surface area (Å²) in [6.45, 7) is 13.4. The third-order valence-electron chi connectivity index (χ3n) is 14.6. The van der Waals surface area contributed by atoms with Crippen LogP contribution < -0.4 is 5.73 Å². The molecule has 12 nitrogen and oxygen atoms in total. The second-order valence-corrected chi connectivity index (χ2v) is 18.5. The molecule has 0 aromatic heterocycles. The Balaban J connectivity index is 0.988. The van der Waals surface area contributed by atoms with Crippen LogP contribution in [0.1, 0.15) is 104 Å². The van der Waals surface area contributed by atoms with Crippen LogP contribution in [0.5, 0.6) is 0 Å². The van der Waals surface area contributed by atoms with E-state index in [9.17, 15) is 9.90 Å². The molecule has 10 aliphatic heterocycles. The molecule has 10 saturated heterocycles. The number of aliphatic hydroxyl groups excluding tert-OH is 1. The fraction of sp³-hybridized carbons (Fsp3) is 0.881. The highest BCUT2D eigenvalue weighted by Gasteiger charge is 2.73. The zero-order valence-electron chi connectivity index (χ0n) is 32.4. The van der Waals surface area contributed by atoms with Gasteiger partial charge in [0.05, 0.1) is 61.0 Å². The van der Waals surface area contributed by atoms with E-state index < -0.39 is 23.6 Å². The number of methoxy groups -OCH3 is 1. The number of rotatable bonds is 4. The summed E-state index contributed by atoms with van der Waals surface area (Å²) >= 11 is 0. The molecule has 0 amide bonds. The van der Waals surface area contributed by atoms with Gasteiger partial charge in [0, 0.05) is 58.1 Å². The molecule has 12 bridgehead atoms. The van der Waals surface area contributed by atoms with E-state index in [4.69, 9.17) is 48.4 Å². The maximum absolute atomic E-state index is 14.1. The first kappa shape index (κ1) is 38.2. The number of carbonyl (C=O) groups excluding carboxylic acids is 1. The monoisotopic (exact) mass is 757 g/mol. The predicted molar refractivity (Wildman–Crippen MR) is 195 cm³/mol. The molecule has 54 heavy (non-hydrogen) atoms. The second-order valence-electron chi connectivity index (χ2n) is 18.5. The van der Waals surface area contributed by atoms with Crippen LogP contribution in [0.2, 0.25) is 0 Å². The van der Waals surface area contributed by atoms with Gasteiger partial charge in [-0.05, 0) is 75.4 Å². The lowest BCUT2D eigenvalue weighted by Gasteiger charge is -2.47. The van der Waals surface area contributed by atoms with Gasteiger partial charge in [0.1, 0.15) is 41.9 Å². The summed E-state index contributed by atoms with van der Waals surface area (Å²) in [4.78, 5) is 14.1. The average Bonchev–Trinajstić information content (AvgIpc) is 3.77. The van der Waals surface area contributed by atoms with Gasteiger partial charge in [0.25, 0.3) is 0 Å². The van der Waals surface area contributed by atoms with E-state index in [-0.39, 0.29) is 110 Å². The molecule has 12 heteroatoms. The van der Waals surface area contributed by atoms with Crippen LogP contribution in [-0.4, -0.2) is 127 Å². The van der Waals surface area contributed by atoms with E-state index in [1.165, 1.54) is 0 Å². The summed E-state index contributed by atoms with van der Waals surface area (Å²) in [5, 5.41) is 10.6. The zero-order chi connectivity index (χ0) is 37.5. The molecule has 3 unspecified atom stereocenters. The summed E-state index contributed by atoms with van der Waals surface area (Å²) < 4.78 is 60.5. The van der Waals surface area contributed by atoms with Gasteiger partial charge in [-0.15, -0.1) is 0 Å². The molecule has 10 fully saturated rings. The van der Waals surface area contributed by atoms with Gasteiger partial charge in [0.2, 0.25) is 0 Å². The molecule has 0 saturated carbocycles. The topological polar surface area (TPSA) is 146 Å². The minimum atomic E-state index is -0.813. The van der Waals surface area contributed by atoms with Crippen LogP contribution in [0.4, 0.5) is 0 Å². The predicted octanol–water partition coefficient (Wildman–Crippen LogP) is 4.22. The Labute approximate surface area is 320 Å². The van der Waals surface area contributed by atoms with Crippen molar-refractivity contribution in [1.82, 2.24) is 0 Å². The number of Topliss-reactive ketones (excluding diaryl/α,β-unsaturated/α-hetero) is 1. The van der Waals surface area contributed by atoms with Crippen molar-refractivity contribution in [2.45, 2.75) is 207 Å². The Morgan fingerprint density at radius 3 is 2.46 bits per heavy atom. The van der Waals surface area contributed by atoms with Gasteiger partial charge < -0.3 is 53.5 Å². The molecular weight excluding hydrogens is 694 g/mol. The molecule has 10 aliphatic rings. The minimum absolute atomic E-state index is 0.0275. The van der Waals surface area contributed by atoms with Crippen molar-refractivity contribution in [1.29, 1.82) is 0 Å². The largest absolute Gasteiger partial charge is 0.392 e. The van der Waals surface area contributed by atoms with Gasteiger partial charge in [-0.25, -0.2) is 0 Å². The first-order valence-electron chi connectivity index (χ1n) is 21.0. The van der Waals surface area contributed by atoms with Gasteiger partial charge in [0.15, 0.2) is 5.79 Å². The molecule has 3 N–H and O–H groups in total. The minimum Gasteiger partial charge on any atom is -0.392 e. The smallest absolute Gasteiger partial charge is 0.172 e. The number of ether oxygens (including phenoxy) is 9. The van der Waals surface area contributed by atoms with Crippen molar-refractivity contribution < 1.29 is 52.5 Å². The second kappa shape index (κ2) is 14.8. The Morgan fingerprint density at radius 2 is 1.65 bits per heavy atom. The number of nitrogens with two attached hydrogens (primary N) is 1. The van der Waals surface area contributed by atoms with E-state index in [1.807, 2.05) is 0 Å². The van der Waals surface area contributed by atoms with Gasteiger partial charge >= 0.3 is 0 Å². The summed E-state index contributed by atoms with van der Waals surface area (Å²) in [5.74, 6) is -0.635. The van der Waals surface area contributed by atoms with Crippen molar-refractivity contribution >= 4 is 5.78 Å². The van der Waals surface area contributed by atoms with Crippen molar-refractivity contribution in [3.8, 4) is 0 Å². The van der Waals surface area contributed by atoms with E-state index in [1.54, 1.807) is 7.11 Å². The highest BCUT2D eigenvalue weighted by atomic mass is 16.8. The number of carbonyl (C=O) groups is 1. The summed E-state index contributed by atoms with van der Waals surface area (Å²) in [6.07, 6.45) is 5.94. The number of aliphatic hydroxyl groups is 1. The lowest BCUT2D eigenvalue weighted by Crippen LogP contribution is -2.61. The molecule has 0 aliphatic carbocycles. The fourth-order valence-electron chi connectivity index (χ4n) is 11.9. The van der Waals surface area contributed by atoms with E-state index in [0.29, 0.717) is 38.0 Å². The molecule has 1 spiro atoms. The summed E-state index contributed by atoms with van der Waals surface area (Å²) in [6, 6.07) is 0. The SMILES string of the molecule is C=C1C[C@@H]2CC[C@@]34C[C@]5(C)O[C@H]6[C@@H](O3)[C@H]3OC(CC[C@@H]3O[C@H]6[C@H]5O4)CC(=O)C[C@H]3C(C[C@H]4O[C@@H](CCCC1O2)C[C@@H](C)C4=C)O[C@H](C[C@H](O)CN)[C@@H]3OC. The maximum atomic E-state index is 14.1. The molecule has 0 radical (unpaired) electrons. The molecule has 19 atom stereocenters. The van der Waals surface area contributed by atoms with Gasteiger partial charge in [-0.1, -0.05) is 20.1 Å². The average molecular weight is 758 g/mol. The molecule has 10 rings (SSSR count). The van der Waals surface area contributed by atoms with Gasteiger partial charge in [-0.3, -0.25) is 4.79 Å². The van der Waals surface area contributed by atoms with E-state index in [2.05, 4.69) is 27.0 Å². The quantitative estimate of drug-likeness (QED) is 0.396. The fourth-order valence-corrected chi connectivity index (χ4v) is 11.9. The first-order valence-corrected chi connectivity index (χ1v) is 21.0. The molecule has 0 aromatic rings. The van der Waals surface area contributed by atoms with Crippen molar-refractivity contribution in [2.24, 2.45) is 17.6 Å². The number of fused-ring (bicyclic) bond motifs is 6.